The lowest BCUT2D eigenvalue weighted by molar-refractivity contribution is 0.464. The molecule has 1 aliphatic heterocycles. The monoisotopic (exact) mass is 245 g/mol. The molecular formula is C11H13F2NOS. The van der Waals surface area contributed by atoms with Gasteiger partial charge in [-0.15, -0.1) is 0 Å². The van der Waals surface area contributed by atoms with E-state index < -0.39 is 22.4 Å². The molecule has 5 heteroatoms. The fraction of sp³-hybridized carbons (Fsp3) is 0.455. The summed E-state index contributed by atoms with van der Waals surface area (Å²) in [5.74, 6) is -1.07. The zero-order valence-corrected chi connectivity index (χ0v) is 9.91. The largest absolute Gasteiger partial charge is 0.313 e. The molecule has 0 radical (unpaired) electrons. The minimum absolute atomic E-state index is 0.0260. The summed E-state index contributed by atoms with van der Waals surface area (Å²) in [7, 11) is 0.235. The average molecular weight is 245 g/mol. The molecule has 2 rings (SSSR count). The lowest BCUT2D eigenvalue weighted by atomic mass is 10.0. The van der Waals surface area contributed by atoms with Gasteiger partial charge in [-0.3, -0.25) is 4.21 Å². The highest BCUT2D eigenvalue weighted by molar-refractivity contribution is 7.85. The molecule has 0 saturated carbocycles. The van der Waals surface area contributed by atoms with Crippen molar-refractivity contribution in [1.29, 1.82) is 0 Å². The van der Waals surface area contributed by atoms with Crippen molar-refractivity contribution < 1.29 is 13.0 Å². The molecule has 2 nitrogen and oxygen atoms in total. The average Bonchev–Trinajstić information content (AvgIpc) is 2.27. The van der Waals surface area contributed by atoms with Gasteiger partial charge in [0, 0.05) is 16.9 Å². The lowest BCUT2D eigenvalue weighted by Gasteiger charge is -2.29. The Hall–Kier alpha value is -0.810. The van der Waals surface area contributed by atoms with E-state index in [2.05, 4.69) is 5.32 Å². The summed E-state index contributed by atoms with van der Waals surface area (Å²) in [5.41, 5.74) is 0.221. The molecule has 0 amide bonds. The Bertz CT molecular complexity index is 450. The number of nitrogens with one attached hydrogen (secondary N) is 1. The van der Waals surface area contributed by atoms with Gasteiger partial charge in [-0.2, -0.15) is 0 Å². The lowest BCUT2D eigenvalue weighted by Crippen LogP contribution is -2.31. The number of hydrogen-bond acceptors (Lipinski definition) is 2. The van der Waals surface area contributed by atoms with Crippen molar-refractivity contribution in [3.05, 3.63) is 29.3 Å². The van der Waals surface area contributed by atoms with Crippen molar-refractivity contribution in [2.45, 2.75) is 29.5 Å². The normalized spacial score (nSPS) is 28.9. The minimum atomic E-state index is -1.46. The first-order valence-electron chi connectivity index (χ1n) is 5.12. The molecule has 88 valence electrons. The zero-order valence-electron chi connectivity index (χ0n) is 9.09. The number of halogens is 2. The SMILES string of the molecule is CNC1CC(C)S(=O)c2c(F)ccc(F)c21. The fourth-order valence-corrected chi connectivity index (χ4v) is 3.56. The van der Waals surface area contributed by atoms with Crippen LogP contribution in [0.5, 0.6) is 0 Å². The Kier molecular flexibility index (Phi) is 3.08. The zero-order chi connectivity index (χ0) is 11.9. The Morgan fingerprint density at radius 3 is 2.62 bits per heavy atom. The number of fused-ring (bicyclic) bond motifs is 1. The van der Waals surface area contributed by atoms with Crippen LogP contribution < -0.4 is 5.32 Å². The summed E-state index contributed by atoms with van der Waals surface area (Å²) in [6, 6.07) is 1.86. The fourth-order valence-electron chi connectivity index (χ4n) is 2.08. The van der Waals surface area contributed by atoms with Crippen molar-refractivity contribution in [3.63, 3.8) is 0 Å². The van der Waals surface area contributed by atoms with Crippen molar-refractivity contribution in [2.75, 3.05) is 7.05 Å². The molecule has 3 atom stereocenters. The first-order valence-corrected chi connectivity index (χ1v) is 6.33. The van der Waals surface area contributed by atoms with Crippen molar-refractivity contribution in [1.82, 2.24) is 5.32 Å². The van der Waals surface area contributed by atoms with Crippen LogP contribution in [0.1, 0.15) is 24.9 Å². The van der Waals surface area contributed by atoms with Crippen LogP contribution in [0.4, 0.5) is 8.78 Å². The van der Waals surface area contributed by atoms with Crippen LogP contribution in [0.3, 0.4) is 0 Å². The Labute approximate surface area is 95.5 Å². The van der Waals surface area contributed by atoms with E-state index in [4.69, 9.17) is 0 Å². The molecule has 0 aliphatic carbocycles. The standard InChI is InChI=1S/C11H13F2NOS/c1-6-5-9(14-2)10-7(12)3-4-8(13)11(10)16(6)15/h3-4,6,9,14H,5H2,1-2H3. The van der Waals surface area contributed by atoms with E-state index in [1.165, 1.54) is 0 Å². The van der Waals surface area contributed by atoms with Crippen LogP contribution in [-0.2, 0) is 10.8 Å². The summed E-state index contributed by atoms with van der Waals surface area (Å²) >= 11 is 0. The Morgan fingerprint density at radius 1 is 1.38 bits per heavy atom. The summed E-state index contributed by atoms with van der Waals surface area (Å²) in [5, 5.41) is 2.77. The van der Waals surface area contributed by atoms with Crippen LogP contribution in [0.2, 0.25) is 0 Å². The number of benzene rings is 1. The van der Waals surface area contributed by atoms with E-state index in [-0.39, 0.29) is 21.8 Å². The van der Waals surface area contributed by atoms with Gasteiger partial charge in [0.25, 0.3) is 0 Å². The van der Waals surface area contributed by atoms with E-state index in [1.807, 2.05) is 0 Å². The smallest absolute Gasteiger partial charge is 0.139 e. The molecule has 3 unspecified atom stereocenters. The first-order chi connectivity index (χ1) is 7.56. The molecule has 1 aromatic carbocycles. The molecular weight excluding hydrogens is 232 g/mol. The van der Waals surface area contributed by atoms with E-state index in [0.717, 1.165) is 12.1 Å². The van der Waals surface area contributed by atoms with Gasteiger partial charge >= 0.3 is 0 Å². The Balaban J connectivity index is 2.67. The molecule has 1 aliphatic rings. The third-order valence-electron chi connectivity index (χ3n) is 2.93. The van der Waals surface area contributed by atoms with Gasteiger partial charge in [0.1, 0.15) is 11.6 Å². The molecule has 1 N–H and O–H groups in total. The van der Waals surface area contributed by atoms with Crippen molar-refractivity contribution in [2.24, 2.45) is 0 Å². The maximum absolute atomic E-state index is 13.6. The first kappa shape index (κ1) is 11.7. The number of hydrogen-bond donors (Lipinski definition) is 1. The van der Waals surface area contributed by atoms with Crippen LogP contribution >= 0.6 is 0 Å². The van der Waals surface area contributed by atoms with Gasteiger partial charge < -0.3 is 5.32 Å². The van der Waals surface area contributed by atoms with E-state index in [0.29, 0.717) is 6.42 Å². The molecule has 0 saturated heterocycles. The van der Waals surface area contributed by atoms with Crippen LogP contribution in [-0.4, -0.2) is 16.5 Å². The molecule has 0 bridgehead atoms. The van der Waals surface area contributed by atoms with Gasteiger partial charge in [0.2, 0.25) is 0 Å². The van der Waals surface area contributed by atoms with E-state index in [9.17, 15) is 13.0 Å². The number of rotatable bonds is 1. The third kappa shape index (κ3) is 1.68. The van der Waals surface area contributed by atoms with E-state index >= 15 is 0 Å². The van der Waals surface area contributed by atoms with E-state index in [1.54, 1.807) is 14.0 Å². The topological polar surface area (TPSA) is 29.1 Å². The minimum Gasteiger partial charge on any atom is -0.313 e. The second-order valence-electron chi connectivity index (χ2n) is 3.96. The molecule has 1 heterocycles. The van der Waals surface area contributed by atoms with Crippen LogP contribution in [0.15, 0.2) is 17.0 Å². The summed E-state index contributed by atoms with van der Waals surface area (Å²) in [6.45, 7) is 1.79. The highest BCUT2D eigenvalue weighted by Crippen LogP contribution is 2.36. The van der Waals surface area contributed by atoms with Gasteiger partial charge in [0.15, 0.2) is 0 Å². The van der Waals surface area contributed by atoms with Gasteiger partial charge in [-0.1, -0.05) is 6.92 Å². The second kappa shape index (κ2) is 4.22. The summed E-state index contributed by atoms with van der Waals surface area (Å²) < 4.78 is 39.2. The van der Waals surface area contributed by atoms with Crippen molar-refractivity contribution in [3.8, 4) is 0 Å². The molecule has 0 fully saturated rings. The van der Waals surface area contributed by atoms with Crippen molar-refractivity contribution >= 4 is 10.8 Å². The quantitative estimate of drug-likeness (QED) is 0.821. The van der Waals surface area contributed by atoms with Crippen LogP contribution in [0, 0.1) is 11.6 Å². The summed E-state index contributed by atoms with van der Waals surface area (Å²) in [6.07, 6.45) is 0.552. The van der Waals surface area contributed by atoms with Gasteiger partial charge in [-0.05, 0) is 25.6 Å². The highest BCUT2D eigenvalue weighted by Gasteiger charge is 2.34. The Morgan fingerprint density at radius 2 is 2.00 bits per heavy atom. The molecule has 1 aromatic rings. The molecule has 16 heavy (non-hydrogen) atoms. The summed E-state index contributed by atoms with van der Waals surface area (Å²) in [4.78, 5) is 0.0260. The third-order valence-corrected chi connectivity index (χ3v) is 4.67. The highest BCUT2D eigenvalue weighted by atomic mass is 32.2. The molecule has 0 aromatic heterocycles. The maximum Gasteiger partial charge on any atom is 0.139 e. The maximum atomic E-state index is 13.6. The second-order valence-corrected chi connectivity index (χ2v) is 5.76. The van der Waals surface area contributed by atoms with Gasteiger partial charge in [0.05, 0.1) is 15.7 Å². The predicted octanol–water partition coefficient (Wildman–Crippen LogP) is 2.13. The van der Waals surface area contributed by atoms with Crippen LogP contribution in [0.25, 0.3) is 0 Å². The predicted molar refractivity (Wildman–Crippen MR) is 58.6 cm³/mol. The van der Waals surface area contributed by atoms with Gasteiger partial charge in [-0.25, -0.2) is 8.78 Å². The molecule has 0 spiro atoms.